The van der Waals surface area contributed by atoms with Gasteiger partial charge in [0.1, 0.15) is 18.9 Å². The van der Waals surface area contributed by atoms with Crippen molar-refractivity contribution in [2.75, 3.05) is 0 Å². The SMILES string of the molecule is CC(=O)[C@H](Cc1ccccc1)NC(=O)Cn1cnc(C#N)n1. The van der Waals surface area contributed by atoms with Crippen LogP contribution in [0.2, 0.25) is 0 Å². The molecule has 1 atom stereocenters. The Morgan fingerprint density at radius 3 is 2.68 bits per heavy atom. The average molecular weight is 297 g/mol. The first-order valence-corrected chi connectivity index (χ1v) is 6.72. The molecule has 1 aromatic heterocycles. The minimum atomic E-state index is -0.589. The van der Waals surface area contributed by atoms with E-state index in [0.717, 1.165) is 5.56 Å². The number of hydrogen-bond donors (Lipinski definition) is 1. The van der Waals surface area contributed by atoms with E-state index in [2.05, 4.69) is 15.4 Å². The fourth-order valence-electron chi connectivity index (χ4n) is 1.96. The predicted molar refractivity (Wildman–Crippen MR) is 77.5 cm³/mol. The highest BCUT2D eigenvalue weighted by Crippen LogP contribution is 2.04. The van der Waals surface area contributed by atoms with Gasteiger partial charge in [-0.1, -0.05) is 30.3 Å². The molecule has 0 aliphatic heterocycles. The maximum Gasteiger partial charge on any atom is 0.252 e. The van der Waals surface area contributed by atoms with Gasteiger partial charge >= 0.3 is 0 Å². The normalized spacial score (nSPS) is 11.5. The fraction of sp³-hybridized carbons (Fsp3) is 0.267. The van der Waals surface area contributed by atoms with E-state index in [0.29, 0.717) is 6.42 Å². The molecule has 1 heterocycles. The summed E-state index contributed by atoms with van der Waals surface area (Å²) in [5.74, 6) is -0.473. The number of benzene rings is 1. The number of amides is 1. The number of nitriles is 1. The predicted octanol–water partition coefficient (Wildman–Crippen LogP) is 0.466. The maximum absolute atomic E-state index is 12.0. The molecule has 1 amide bonds. The number of hydrogen-bond acceptors (Lipinski definition) is 5. The molecule has 1 N–H and O–H groups in total. The lowest BCUT2D eigenvalue weighted by molar-refractivity contribution is -0.127. The molecule has 7 nitrogen and oxygen atoms in total. The highest BCUT2D eigenvalue weighted by Gasteiger charge is 2.18. The zero-order valence-corrected chi connectivity index (χ0v) is 12.1. The van der Waals surface area contributed by atoms with E-state index in [4.69, 9.17) is 5.26 Å². The van der Waals surface area contributed by atoms with Crippen LogP contribution in [0.3, 0.4) is 0 Å². The number of Topliss-reactive ketones (excluding diaryl/α,β-unsaturated/α-hetero) is 1. The van der Waals surface area contributed by atoms with Gasteiger partial charge in [0.05, 0.1) is 6.04 Å². The van der Waals surface area contributed by atoms with Crippen molar-refractivity contribution in [3.8, 4) is 6.07 Å². The smallest absolute Gasteiger partial charge is 0.252 e. The Bertz CT molecular complexity index is 702. The van der Waals surface area contributed by atoms with Crippen molar-refractivity contribution < 1.29 is 9.59 Å². The van der Waals surface area contributed by atoms with Gasteiger partial charge in [-0.15, -0.1) is 5.10 Å². The van der Waals surface area contributed by atoms with Crippen molar-refractivity contribution in [1.82, 2.24) is 20.1 Å². The van der Waals surface area contributed by atoms with E-state index in [1.54, 1.807) is 6.07 Å². The maximum atomic E-state index is 12.0. The van der Waals surface area contributed by atoms with E-state index in [-0.39, 0.29) is 24.1 Å². The summed E-state index contributed by atoms with van der Waals surface area (Å²) in [5.41, 5.74) is 0.968. The van der Waals surface area contributed by atoms with Crippen molar-refractivity contribution in [3.05, 3.63) is 48.0 Å². The minimum Gasteiger partial charge on any atom is -0.344 e. The van der Waals surface area contributed by atoms with Crippen molar-refractivity contribution in [2.45, 2.75) is 25.9 Å². The van der Waals surface area contributed by atoms with E-state index < -0.39 is 6.04 Å². The Morgan fingerprint density at radius 1 is 1.36 bits per heavy atom. The topological polar surface area (TPSA) is 101 Å². The van der Waals surface area contributed by atoms with Gasteiger partial charge < -0.3 is 5.32 Å². The zero-order valence-electron chi connectivity index (χ0n) is 12.1. The molecule has 0 aliphatic carbocycles. The van der Waals surface area contributed by atoms with Crippen LogP contribution in [0.4, 0.5) is 0 Å². The summed E-state index contributed by atoms with van der Waals surface area (Å²) in [6, 6.07) is 10.7. The lowest BCUT2D eigenvalue weighted by Crippen LogP contribution is -2.42. The lowest BCUT2D eigenvalue weighted by Gasteiger charge is -2.16. The first kappa shape index (κ1) is 15.4. The number of carbonyl (C=O) groups excluding carboxylic acids is 2. The molecular formula is C15H15N5O2. The second-order valence-electron chi connectivity index (χ2n) is 4.80. The molecule has 1 aromatic carbocycles. The van der Waals surface area contributed by atoms with Gasteiger partial charge in [-0.25, -0.2) is 9.67 Å². The molecule has 22 heavy (non-hydrogen) atoms. The summed E-state index contributed by atoms with van der Waals surface area (Å²) in [6.45, 7) is 1.35. The van der Waals surface area contributed by atoms with Gasteiger partial charge in [-0.2, -0.15) is 5.26 Å². The van der Waals surface area contributed by atoms with E-state index in [1.807, 2.05) is 30.3 Å². The Kier molecular flexibility index (Phi) is 4.98. The molecule has 0 saturated heterocycles. The van der Waals surface area contributed by atoms with Gasteiger partial charge in [0.2, 0.25) is 5.91 Å². The third-order valence-corrected chi connectivity index (χ3v) is 3.05. The van der Waals surface area contributed by atoms with Gasteiger partial charge in [0.25, 0.3) is 5.82 Å². The lowest BCUT2D eigenvalue weighted by atomic mass is 10.0. The van der Waals surface area contributed by atoms with Crippen LogP contribution in [0.5, 0.6) is 0 Å². The van der Waals surface area contributed by atoms with Crippen LogP contribution in [0.1, 0.15) is 18.3 Å². The van der Waals surface area contributed by atoms with Crippen LogP contribution in [0.25, 0.3) is 0 Å². The molecule has 2 rings (SSSR count). The summed E-state index contributed by atoms with van der Waals surface area (Å²) in [5, 5.41) is 15.1. The molecule has 0 aliphatic rings. The summed E-state index contributed by atoms with van der Waals surface area (Å²) < 4.78 is 1.26. The fourth-order valence-corrected chi connectivity index (χ4v) is 1.96. The Labute approximate surface area is 127 Å². The second-order valence-corrected chi connectivity index (χ2v) is 4.80. The largest absolute Gasteiger partial charge is 0.344 e. The second kappa shape index (κ2) is 7.13. The van der Waals surface area contributed by atoms with E-state index >= 15 is 0 Å². The molecular weight excluding hydrogens is 282 g/mol. The molecule has 0 fully saturated rings. The molecule has 0 spiro atoms. The number of carbonyl (C=O) groups is 2. The van der Waals surface area contributed by atoms with Crippen LogP contribution in [0, 0.1) is 11.3 Å². The van der Waals surface area contributed by atoms with Crippen LogP contribution in [0.15, 0.2) is 36.7 Å². The summed E-state index contributed by atoms with van der Waals surface area (Å²) >= 11 is 0. The molecule has 0 unspecified atom stereocenters. The average Bonchev–Trinajstić information content (AvgIpc) is 2.95. The molecule has 7 heteroatoms. The standard InChI is InChI=1S/C15H15N5O2/c1-11(21)13(7-12-5-3-2-4-6-12)18-15(22)9-20-10-17-14(8-16)19-20/h2-6,10,13H,7,9H2,1H3,(H,18,22)/t13-/m0/s1. The molecule has 0 bridgehead atoms. The quantitative estimate of drug-likeness (QED) is 0.835. The van der Waals surface area contributed by atoms with Crippen LogP contribution >= 0.6 is 0 Å². The van der Waals surface area contributed by atoms with E-state index in [1.165, 1.54) is 17.9 Å². The summed E-state index contributed by atoms with van der Waals surface area (Å²) in [7, 11) is 0. The monoisotopic (exact) mass is 297 g/mol. The Morgan fingerprint density at radius 2 is 2.09 bits per heavy atom. The third-order valence-electron chi connectivity index (χ3n) is 3.05. The third kappa shape index (κ3) is 4.24. The van der Waals surface area contributed by atoms with Gasteiger partial charge in [-0.05, 0) is 18.9 Å². The molecule has 2 aromatic rings. The number of nitrogens with one attached hydrogen (secondary N) is 1. The van der Waals surface area contributed by atoms with Crippen LogP contribution < -0.4 is 5.32 Å². The number of ketones is 1. The van der Waals surface area contributed by atoms with Crippen LogP contribution in [-0.2, 0) is 22.6 Å². The molecule has 112 valence electrons. The molecule has 0 saturated carbocycles. The minimum absolute atomic E-state index is 0.000188. The van der Waals surface area contributed by atoms with Crippen LogP contribution in [-0.4, -0.2) is 32.5 Å². The van der Waals surface area contributed by atoms with Crippen molar-refractivity contribution in [3.63, 3.8) is 0 Å². The Hall–Kier alpha value is -3.01. The van der Waals surface area contributed by atoms with Crippen molar-refractivity contribution >= 4 is 11.7 Å². The number of rotatable bonds is 6. The van der Waals surface area contributed by atoms with E-state index in [9.17, 15) is 9.59 Å². The highest BCUT2D eigenvalue weighted by atomic mass is 16.2. The molecule has 0 radical (unpaired) electrons. The summed E-state index contributed by atoms with van der Waals surface area (Å²) in [6.07, 6.45) is 1.74. The van der Waals surface area contributed by atoms with Crippen molar-refractivity contribution in [2.24, 2.45) is 0 Å². The van der Waals surface area contributed by atoms with Gasteiger partial charge in [0, 0.05) is 0 Å². The Balaban J connectivity index is 1.97. The zero-order chi connectivity index (χ0) is 15.9. The summed E-state index contributed by atoms with van der Waals surface area (Å²) in [4.78, 5) is 27.4. The first-order valence-electron chi connectivity index (χ1n) is 6.72. The number of aromatic nitrogens is 3. The van der Waals surface area contributed by atoms with Crippen molar-refractivity contribution in [1.29, 1.82) is 5.26 Å². The first-order chi connectivity index (χ1) is 10.6. The highest BCUT2D eigenvalue weighted by molar-refractivity contribution is 5.87. The number of nitrogens with zero attached hydrogens (tertiary/aromatic N) is 4. The van der Waals surface area contributed by atoms with Gasteiger partial charge in [0.15, 0.2) is 5.78 Å². The van der Waals surface area contributed by atoms with Gasteiger partial charge in [-0.3, -0.25) is 9.59 Å².